The molecule has 190 valence electrons. The monoisotopic (exact) mass is 467 g/mol. The number of piperidine rings is 2. The third-order valence-corrected chi connectivity index (χ3v) is 11.5. The fraction of sp³-hybridized carbons (Fsp3) is 0.933. The second-order valence-electron chi connectivity index (χ2n) is 13.8. The molecule has 4 heteroatoms. The van der Waals surface area contributed by atoms with Crippen LogP contribution in [0.1, 0.15) is 91.4 Å². The van der Waals surface area contributed by atoms with Gasteiger partial charge in [-0.05, 0) is 119 Å². The van der Waals surface area contributed by atoms with Crippen LogP contribution in [0.15, 0.2) is 4.99 Å². The van der Waals surface area contributed by atoms with Gasteiger partial charge < -0.3 is 9.80 Å². The Hall–Kier alpha value is -0.900. The molecule has 3 aliphatic heterocycles. The zero-order valence-corrected chi connectivity index (χ0v) is 22.3. The molecule has 0 aromatic heterocycles. The number of amides is 1. The van der Waals surface area contributed by atoms with Gasteiger partial charge in [0.05, 0.1) is 6.04 Å². The van der Waals surface area contributed by atoms with Crippen molar-refractivity contribution in [2.45, 2.75) is 110 Å². The van der Waals surface area contributed by atoms with Crippen LogP contribution in [0.25, 0.3) is 0 Å². The van der Waals surface area contributed by atoms with Crippen LogP contribution in [0.2, 0.25) is 0 Å². The Labute approximate surface area is 208 Å². The van der Waals surface area contributed by atoms with E-state index in [2.05, 4.69) is 30.7 Å². The summed E-state index contributed by atoms with van der Waals surface area (Å²) in [6.45, 7) is 9.02. The number of hydrogen-bond donors (Lipinski definition) is 0. The van der Waals surface area contributed by atoms with Crippen molar-refractivity contribution in [2.24, 2.45) is 52.3 Å². The summed E-state index contributed by atoms with van der Waals surface area (Å²) in [5.41, 5.74) is 1.64. The van der Waals surface area contributed by atoms with Gasteiger partial charge in [0.15, 0.2) is 0 Å². The first kappa shape index (κ1) is 23.5. The van der Waals surface area contributed by atoms with Crippen LogP contribution in [0, 0.1) is 47.3 Å². The van der Waals surface area contributed by atoms with Crippen molar-refractivity contribution in [3.05, 3.63) is 0 Å². The smallest absolute Gasteiger partial charge is 0.219 e. The molecule has 6 aliphatic rings. The summed E-state index contributed by atoms with van der Waals surface area (Å²) in [6, 6.07) is 1.87. The second kappa shape index (κ2) is 9.20. The normalized spacial score (nSPS) is 48.9. The number of aliphatic imine (C=N–C) groups is 1. The van der Waals surface area contributed by atoms with Gasteiger partial charge in [-0.25, -0.2) is 0 Å². The Bertz CT molecular complexity index is 809. The first-order valence-corrected chi connectivity index (χ1v) is 14.9. The second-order valence-corrected chi connectivity index (χ2v) is 13.8. The van der Waals surface area contributed by atoms with Crippen molar-refractivity contribution < 1.29 is 4.79 Å². The molecule has 11 atom stereocenters. The van der Waals surface area contributed by atoms with E-state index >= 15 is 0 Å². The minimum absolute atomic E-state index is 0.304. The van der Waals surface area contributed by atoms with Crippen LogP contribution in [0.4, 0.5) is 0 Å². The molecule has 3 heterocycles. The largest absolute Gasteiger partial charge is 0.340 e. The lowest BCUT2D eigenvalue weighted by atomic mass is 9.65. The van der Waals surface area contributed by atoms with E-state index in [4.69, 9.17) is 4.99 Å². The number of likely N-dealkylation sites (tertiary alicyclic amines) is 2. The van der Waals surface area contributed by atoms with Crippen molar-refractivity contribution in [3.63, 3.8) is 0 Å². The van der Waals surface area contributed by atoms with Crippen molar-refractivity contribution in [1.29, 1.82) is 0 Å². The summed E-state index contributed by atoms with van der Waals surface area (Å²) < 4.78 is 0. The lowest BCUT2D eigenvalue weighted by molar-refractivity contribution is -0.137. The SMILES string of the molecule is CC(=O)N1CCC[C@H]2[C@@H](C[C@H]3CC[C@@H]4C(=N3)C[C@@H]3C[C@@H](C)C[C@H]5[C@@H]3C[C@@H]4CN5C)C[C@H](C)C[C@H]21. The number of fused-ring (bicyclic) bond motifs is 4. The maximum atomic E-state index is 12.4. The third kappa shape index (κ3) is 4.18. The van der Waals surface area contributed by atoms with Gasteiger partial charge in [-0.3, -0.25) is 9.79 Å². The van der Waals surface area contributed by atoms with Crippen LogP contribution in [-0.2, 0) is 4.79 Å². The average Bonchev–Trinajstić information content (AvgIpc) is 2.92. The number of nitrogens with zero attached hydrogens (tertiary/aromatic N) is 3. The van der Waals surface area contributed by atoms with Gasteiger partial charge >= 0.3 is 0 Å². The Morgan fingerprint density at radius 1 is 0.941 bits per heavy atom. The molecule has 1 amide bonds. The topological polar surface area (TPSA) is 35.9 Å². The highest BCUT2D eigenvalue weighted by Gasteiger charge is 2.49. The Kier molecular flexibility index (Phi) is 6.36. The molecule has 0 unspecified atom stereocenters. The van der Waals surface area contributed by atoms with Crippen molar-refractivity contribution in [1.82, 2.24) is 9.80 Å². The van der Waals surface area contributed by atoms with Crippen molar-refractivity contribution in [2.75, 3.05) is 20.1 Å². The van der Waals surface area contributed by atoms with Crippen molar-refractivity contribution >= 4 is 11.6 Å². The highest BCUT2D eigenvalue weighted by Crippen LogP contribution is 2.51. The minimum atomic E-state index is 0.304. The Morgan fingerprint density at radius 2 is 1.74 bits per heavy atom. The highest BCUT2D eigenvalue weighted by atomic mass is 16.2. The maximum Gasteiger partial charge on any atom is 0.219 e. The minimum Gasteiger partial charge on any atom is -0.340 e. The first-order valence-electron chi connectivity index (χ1n) is 14.9. The highest BCUT2D eigenvalue weighted by molar-refractivity contribution is 5.88. The van der Waals surface area contributed by atoms with E-state index in [-0.39, 0.29) is 0 Å². The van der Waals surface area contributed by atoms with Gasteiger partial charge in [-0.1, -0.05) is 13.8 Å². The molecule has 2 saturated heterocycles. The summed E-state index contributed by atoms with van der Waals surface area (Å²) in [7, 11) is 2.42. The van der Waals surface area contributed by atoms with E-state index in [0.29, 0.717) is 23.9 Å². The van der Waals surface area contributed by atoms with Crippen LogP contribution in [0.3, 0.4) is 0 Å². The molecule has 0 aromatic carbocycles. The molecule has 0 aromatic rings. The average molecular weight is 468 g/mol. The lowest BCUT2D eigenvalue weighted by Crippen LogP contribution is -2.53. The Morgan fingerprint density at radius 3 is 2.56 bits per heavy atom. The molecular weight excluding hydrogens is 418 g/mol. The standard InChI is InChI=1S/C30H49N3O/c1-18-11-22-16-28-25(23-15-27(22)29(12-18)32(4)17-23)8-7-24(31-28)14-21-10-19(2)13-30-26(21)6-5-9-33(30)20(3)34/h18-19,21-27,29-30H,5-17H2,1-4H3/t18-,19+,21-,22+,23-,24-,25+,26+,27-,29+,30-/m1/s1. The molecule has 3 aliphatic carbocycles. The lowest BCUT2D eigenvalue weighted by Gasteiger charge is -2.50. The molecule has 5 fully saturated rings. The van der Waals surface area contributed by atoms with Crippen LogP contribution in [-0.4, -0.2) is 59.7 Å². The van der Waals surface area contributed by atoms with Gasteiger partial charge in [0.2, 0.25) is 5.91 Å². The quantitative estimate of drug-likeness (QED) is 0.526. The van der Waals surface area contributed by atoms with Gasteiger partial charge in [0, 0.05) is 43.7 Å². The van der Waals surface area contributed by atoms with Gasteiger partial charge in [0.25, 0.3) is 0 Å². The van der Waals surface area contributed by atoms with Gasteiger partial charge in [-0.2, -0.15) is 0 Å². The summed E-state index contributed by atoms with van der Waals surface area (Å²) in [4.78, 5) is 23.0. The zero-order chi connectivity index (χ0) is 23.6. The summed E-state index contributed by atoms with van der Waals surface area (Å²) >= 11 is 0. The fourth-order valence-electron chi connectivity index (χ4n) is 10.2. The molecule has 0 radical (unpaired) electrons. The molecule has 4 nitrogen and oxygen atoms in total. The zero-order valence-electron chi connectivity index (χ0n) is 22.3. The summed E-state index contributed by atoms with van der Waals surface area (Å²) in [6.07, 6.45) is 14.7. The van der Waals surface area contributed by atoms with E-state index in [1.165, 1.54) is 77.2 Å². The number of carbonyl (C=O) groups is 1. The predicted octanol–water partition coefficient (Wildman–Crippen LogP) is 5.66. The van der Waals surface area contributed by atoms with E-state index in [0.717, 1.165) is 54.0 Å². The number of rotatable bonds is 2. The molecule has 0 spiro atoms. The van der Waals surface area contributed by atoms with Gasteiger partial charge in [-0.15, -0.1) is 0 Å². The fourth-order valence-corrected chi connectivity index (χ4v) is 10.2. The molecule has 6 rings (SSSR count). The van der Waals surface area contributed by atoms with E-state index in [1.54, 1.807) is 12.6 Å². The number of carbonyl (C=O) groups excluding carboxylic acids is 1. The van der Waals surface area contributed by atoms with E-state index in [9.17, 15) is 4.79 Å². The van der Waals surface area contributed by atoms with Crippen LogP contribution >= 0.6 is 0 Å². The predicted molar refractivity (Wildman–Crippen MR) is 139 cm³/mol. The van der Waals surface area contributed by atoms with Gasteiger partial charge in [0.1, 0.15) is 0 Å². The molecule has 3 saturated carbocycles. The number of hydrogen-bond acceptors (Lipinski definition) is 3. The van der Waals surface area contributed by atoms with Crippen LogP contribution in [0.5, 0.6) is 0 Å². The molecular formula is C30H49N3O. The summed E-state index contributed by atoms with van der Waals surface area (Å²) in [5, 5.41) is 0. The first-order chi connectivity index (χ1) is 16.4. The molecule has 34 heavy (non-hydrogen) atoms. The van der Waals surface area contributed by atoms with E-state index in [1.807, 2.05) is 0 Å². The summed E-state index contributed by atoms with van der Waals surface area (Å²) in [5.74, 6) is 6.81. The van der Waals surface area contributed by atoms with E-state index < -0.39 is 0 Å². The van der Waals surface area contributed by atoms with Crippen molar-refractivity contribution in [3.8, 4) is 0 Å². The van der Waals surface area contributed by atoms with Crippen LogP contribution < -0.4 is 0 Å². The third-order valence-electron chi connectivity index (χ3n) is 11.5. The molecule has 0 N–H and O–H groups in total. The Balaban J connectivity index is 1.21. The maximum absolute atomic E-state index is 12.4. The molecule has 2 bridgehead atoms.